The number of carbonyl (C=O) groups is 2. The van der Waals surface area contributed by atoms with Crippen molar-refractivity contribution in [1.82, 2.24) is 4.90 Å². The van der Waals surface area contributed by atoms with E-state index in [1.807, 2.05) is 18.2 Å². The van der Waals surface area contributed by atoms with Gasteiger partial charge in [0.25, 0.3) is 0 Å². The van der Waals surface area contributed by atoms with E-state index < -0.39 is 6.09 Å². The van der Waals surface area contributed by atoms with Crippen molar-refractivity contribution in [2.24, 2.45) is 5.41 Å². The molecule has 0 radical (unpaired) electrons. The Morgan fingerprint density at radius 2 is 2.00 bits per heavy atom. The van der Waals surface area contributed by atoms with Crippen LogP contribution >= 0.6 is 0 Å². The summed E-state index contributed by atoms with van der Waals surface area (Å²) in [4.78, 5) is 23.9. The van der Waals surface area contributed by atoms with Crippen LogP contribution in [0.15, 0.2) is 18.2 Å². The average molecular weight is 303 g/mol. The maximum atomic E-state index is 11.3. The van der Waals surface area contributed by atoms with E-state index in [1.165, 1.54) is 11.8 Å². The lowest BCUT2D eigenvalue weighted by Crippen LogP contribution is -2.44. The van der Waals surface area contributed by atoms with Crippen LogP contribution in [-0.4, -0.2) is 30.0 Å². The van der Waals surface area contributed by atoms with Gasteiger partial charge in [0.2, 0.25) is 5.91 Å². The molecule has 0 saturated carbocycles. The summed E-state index contributed by atoms with van der Waals surface area (Å²) in [6.07, 6.45) is -0.493. The fraction of sp³-hybridized carbons (Fsp3) is 0.529. The molecule has 1 N–H and O–H groups in total. The third-order valence-corrected chi connectivity index (χ3v) is 4.20. The second-order valence-electron chi connectivity index (χ2n) is 6.98. The van der Waals surface area contributed by atoms with Crippen LogP contribution < -0.4 is 10.4 Å². The average Bonchev–Trinajstić information content (AvgIpc) is 2.56. The lowest BCUT2D eigenvalue weighted by Gasteiger charge is -2.35. The van der Waals surface area contributed by atoms with Crippen LogP contribution in [0.3, 0.4) is 0 Å². The normalized spacial score (nSPS) is 18.4. The molecule has 1 aromatic rings. The molecule has 0 aliphatic carbocycles. The lowest BCUT2D eigenvalue weighted by molar-refractivity contribution is -0.265. The van der Waals surface area contributed by atoms with Gasteiger partial charge in [-0.25, -0.2) is 0 Å². The number of nitrogens with zero attached hydrogens (tertiary/aromatic N) is 1. The van der Waals surface area contributed by atoms with Gasteiger partial charge in [-0.2, -0.15) is 0 Å². The molecule has 0 spiro atoms. The fourth-order valence-electron chi connectivity index (χ4n) is 3.01. The van der Waals surface area contributed by atoms with Gasteiger partial charge in [0, 0.05) is 31.6 Å². The largest absolute Gasteiger partial charge is 0.530 e. The number of benzene rings is 1. The van der Waals surface area contributed by atoms with Crippen molar-refractivity contribution in [3.8, 4) is 0 Å². The summed E-state index contributed by atoms with van der Waals surface area (Å²) in [5.74, 6) is -0.0217. The third kappa shape index (κ3) is 3.59. The highest BCUT2D eigenvalue weighted by atomic mass is 16.4. The van der Waals surface area contributed by atoms with Crippen molar-refractivity contribution < 1.29 is 14.7 Å². The second kappa shape index (κ2) is 5.99. The van der Waals surface area contributed by atoms with E-state index in [9.17, 15) is 14.7 Å². The SMILES string of the molecule is CC(=O)Nc1ccc2c(c1)CCN(C(=O)[O-])CC2C(C)(C)C. The molecule has 0 saturated heterocycles. The summed E-state index contributed by atoms with van der Waals surface area (Å²) in [6, 6.07) is 5.84. The first-order valence-corrected chi connectivity index (χ1v) is 7.55. The van der Waals surface area contributed by atoms with Gasteiger partial charge < -0.3 is 20.1 Å². The van der Waals surface area contributed by atoms with E-state index in [0.717, 1.165) is 16.8 Å². The molecule has 0 bridgehead atoms. The molecule has 1 aromatic carbocycles. The lowest BCUT2D eigenvalue weighted by atomic mass is 9.75. The number of carboxylic acid groups (broad SMARTS) is 1. The van der Waals surface area contributed by atoms with Gasteiger partial charge in [-0.15, -0.1) is 0 Å². The van der Waals surface area contributed by atoms with Crippen molar-refractivity contribution in [1.29, 1.82) is 0 Å². The van der Waals surface area contributed by atoms with E-state index in [0.29, 0.717) is 19.5 Å². The van der Waals surface area contributed by atoms with Crippen LogP contribution in [0.2, 0.25) is 0 Å². The van der Waals surface area contributed by atoms with Gasteiger partial charge >= 0.3 is 0 Å². The maximum absolute atomic E-state index is 11.3. The summed E-state index contributed by atoms with van der Waals surface area (Å²) >= 11 is 0. The fourth-order valence-corrected chi connectivity index (χ4v) is 3.01. The molecule has 1 aliphatic heterocycles. The Morgan fingerprint density at radius 1 is 1.32 bits per heavy atom. The highest BCUT2D eigenvalue weighted by molar-refractivity contribution is 5.88. The maximum Gasteiger partial charge on any atom is 0.221 e. The molecule has 1 aliphatic rings. The molecule has 2 rings (SSSR count). The number of carbonyl (C=O) groups excluding carboxylic acids is 2. The zero-order valence-corrected chi connectivity index (χ0v) is 13.6. The minimum atomic E-state index is -1.12. The zero-order valence-electron chi connectivity index (χ0n) is 13.6. The van der Waals surface area contributed by atoms with Gasteiger partial charge in [0.05, 0.1) is 0 Å². The molecule has 1 unspecified atom stereocenters. The monoisotopic (exact) mass is 303 g/mol. The summed E-state index contributed by atoms with van der Waals surface area (Å²) < 4.78 is 0. The molecule has 5 heteroatoms. The molecule has 5 nitrogen and oxygen atoms in total. The smallest absolute Gasteiger partial charge is 0.221 e. The van der Waals surface area contributed by atoms with Gasteiger partial charge in [0.1, 0.15) is 6.09 Å². The minimum Gasteiger partial charge on any atom is -0.530 e. The van der Waals surface area contributed by atoms with E-state index in [-0.39, 0.29) is 17.2 Å². The first-order valence-electron chi connectivity index (χ1n) is 7.55. The zero-order chi connectivity index (χ0) is 16.5. The Balaban J connectivity index is 2.42. The predicted octanol–water partition coefficient (Wildman–Crippen LogP) is 1.98. The summed E-state index contributed by atoms with van der Waals surface area (Å²) in [5.41, 5.74) is 2.93. The van der Waals surface area contributed by atoms with E-state index in [2.05, 4.69) is 26.1 Å². The van der Waals surface area contributed by atoms with Crippen molar-refractivity contribution in [2.75, 3.05) is 18.4 Å². The molecule has 1 heterocycles. The molecule has 120 valence electrons. The molecule has 22 heavy (non-hydrogen) atoms. The van der Waals surface area contributed by atoms with Crippen LogP contribution in [0, 0.1) is 5.41 Å². The van der Waals surface area contributed by atoms with Crippen molar-refractivity contribution in [3.63, 3.8) is 0 Å². The number of rotatable bonds is 1. The Bertz CT molecular complexity index is 590. The predicted molar refractivity (Wildman–Crippen MR) is 83.6 cm³/mol. The molecular weight excluding hydrogens is 280 g/mol. The first kappa shape index (κ1) is 16.3. The number of nitrogens with one attached hydrogen (secondary N) is 1. The van der Waals surface area contributed by atoms with Crippen LogP contribution in [0.1, 0.15) is 44.7 Å². The number of amides is 2. The van der Waals surface area contributed by atoms with Gasteiger partial charge in [-0.1, -0.05) is 26.8 Å². The van der Waals surface area contributed by atoms with Gasteiger partial charge in [-0.3, -0.25) is 4.79 Å². The molecule has 0 fully saturated rings. The molecule has 0 aromatic heterocycles. The van der Waals surface area contributed by atoms with Crippen LogP contribution in [0.4, 0.5) is 10.5 Å². The van der Waals surface area contributed by atoms with Crippen LogP contribution in [0.25, 0.3) is 0 Å². The van der Waals surface area contributed by atoms with E-state index >= 15 is 0 Å². The van der Waals surface area contributed by atoms with Crippen molar-refractivity contribution in [3.05, 3.63) is 29.3 Å². The Kier molecular flexibility index (Phi) is 4.44. The summed E-state index contributed by atoms with van der Waals surface area (Å²) in [7, 11) is 0. The molecule has 1 atom stereocenters. The molecular formula is C17H23N2O3-. The Labute approximate surface area is 131 Å². The second-order valence-corrected chi connectivity index (χ2v) is 6.98. The number of anilines is 1. The van der Waals surface area contributed by atoms with Crippen LogP contribution in [0.5, 0.6) is 0 Å². The molecule has 2 amide bonds. The third-order valence-electron chi connectivity index (χ3n) is 4.20. The number of fused-ring (bicyclic) bond motifs is 1. The van der Waals surface area contributed by atoms with Crippen molar-refractivity contribution in [2.45, 2.75) is 40.0 Å². The van der Waals surface area contributed by atoms with E-state index in [1.54, 1.807) is 0 Å². The summed E-state index contributed by atoms with van der Waals surface area (Å²) in [5, 5.41) is 14.1. The number of hydrogen-bond donors (Lipinski definition) is 1. The van der Waals surface area contributed by atoms with E-state index in [4.69, 9.17) is 0 Å². The minimum absolute atomic E-state index is 0.0672. The summed E-state index contributed by atoms with van der Waals surface area (Å²) in [6.45, 7) is 8.68. The van der Waals surface area contributed by atoms with Crippen LogP contribution in [-0.2, 0) is 11.2 Å². The Hall–Kier alpha value is -2.04. The first-order chi connectivity index (χ1) is 10.2. The van der Waals surface area contributed by atoms with Gasteiger partial charge in [0.15, 0.2) is 0 Å². The van der Waals surface area contributed by atoms with Gasteiger partial charge in [-0.05, 0) is 35.1 Å². The quantitative estimate of drug-likeness (QED) is 0.862. The number of hydrogen-bond acceptors (Lipinski definition) is 3. The standard InChI is InChI=1S/C17H24N2O3/c1-11(20)18-13-5-6-14-12(9-13)7-8-19(16(21)22)10-15(14)17(2,3)4/h5-6,9,15H,7-8,10H2,1-4H3,(H,18,20)(H,21,22)/p-1. The highest BCUT2D eigenvalue weighted by Gasteiger charge is 2.32. The van der Waals surface area contributed by atoms with Crippen molar-refractivity contribution >= 4 is 17.7 Å². The topological polar surface area (TPSA) is 72.5 Å². The Morgan fingerprint density at radius 3 is 2.55 bits per heavy atom. The highest BCUT2D eigenvalue weighted by Crippen LogP contribution is 2.39.